The number of ketones is 1. The van der Waals surface area contributed by atoms with E-state index in [0.29, 0.717) is 65.6 Å². The van der Waals surface area contributed by atoms with Gasteiger partial charge in [-0.05, 0) is 98.0 Å². The third-order valence-electron chi connectivity index (χ3n) is 8.58. The smallest absolute Gasteiger partial charge is 0.375 e. The molecule has 16 nitrogen and oxygen atoms in total. The van der Waals surface area contributed by atoms with Crippen LogP contribution in [0.2, 0.25) is 0 Å². The van der Waals surface area contributed by atoms with Gasteiger partial charge >= 0.3 is 17.9 Å². The number of nitrogens with one attached hydrogen (secondary N) is 3. The van der Waals surface area contributed by atoms with Gasteiger partial charge in [-0.3, -0.25) is 24.0 Å². The third kappa shape index (κ3) is 40.5. The van der Waals surface area contributed by atoms with Gasteiger partial charge in [-0.2, -0.15) is 11.8 Å². The van der Waals surface area contributed by atoms with Crippen LogP contribution in [-0.2, 0) is 57.2 Å². The Morgan fingerprint density at radius 1 is 0.508 bits per heavy atom. The van der Waals surface area contributed by atoms with Gasteiger partial charge in [-0.25, -0.2) is 9.59 Å². The molecule has 354 valence electrons. The maximum Gasteiger partial charge on any atom is 0.375 e. The zero-order chi connectivity index (χ0) is 45.8. The number of carbonyl (C=O) groups excluding carboxylic acids is 6. The minimum Gasteiger partial charge on any atom is -0.481 e. The van der Waals surface area contributed by atoms with E-state index in [1.54, 1.807) is 41.5 Å². The lowest BCUT2D eigenvalue weighted by molar-refractivity contribution is -0.162. The van der Waals surface area contributed by atoms with Crippen molar-refractivity contribution in [3.63, 3.8) is 0 Å². The first kappa shape index (κ1) is 57.7. The number of thioether (sulfide) groups is 1. The Labute approximate surface area is 369 Å². The van der Waals surface area contributed by atoms with E-state index < -0.39 is 46.8 Å². The van der Waals surface area contributed by atoms with Crippen LogP contribution in [0.15, 0.2) is 0 Å². The number of aliphatic carboxylic acids is 1. The molecule has 0 aliphatic heterocycles. The summed E-state index contributed by atoms with van der Waals surface area (Å²) in [5.41, 5.74) is -1.43. The third-order valence-corrected chi connectivity index (χ3v) is 9.74. The predicted octanol–water partition coefficient (Wildman–Crippen LogP) is 5.85. The lowest BCUT2D eigenvalue weighted by atomic mass is 10.1. The van der Waals surface area contributed by atoms with Crippen molar-refractivity contribution in [3.8, 4) is 0 Å². The summed E-state index contributed by atoms with van der Waals surface area (Å²) in [4.78, 5) is 83.4. The van der Waals surface area contributed by atoms with Gasteiger partial charge in [0.15, 0.2) is 0 Å². The number of esters is 2. The number of hydrogen-bond acceptors (Lipinski definition) is 13. The van der Waals surface area contributed by atoms with Gasteiger partial charge in [0.05, 0.1) is 26.4 Å². The van der Waals surface area contributed by atoms with Crippen molar-refractivity contribution in [1.82, 2.24) is 16.0 Å². The van der Waals surface area contributed by atoms with Crippen molar-refractivity contribution in [2.45, 2.75) is 174 Å². The number of carboxylic acids is 1. The Bertz CT molecular complexity index is 1250. The zero-order valence-corrected chi connectivity index (χ0v) is 38.9. The Hall–Kier alpha value is -3.28. The molecule has 0 fully saturated rings. The second kappa shape index (κ2) is 36.2. The van der Waals surface area contributed by atoms with E-state index >= 15 is 0 Å². The molecule has 0 aliphatic carbocycles. The molecular formula is C44H79N3O13S. The van der Waals surface area contributed by atoms with Gasteiger partial charge in [0.2, 0.25) is 23.5 Å². The molecule has 4 N–H and O–H groups in total. The maximum atomic E-state index is 12.4. The van der Waals surface area contributed by atoms with Crippen LogP contribution >= 0.6 is 11.8 Å². The number of amides is 3. The number of carbonyl (C=O) groups is 7. The summed E-state index contributed by atoms with van der Waals surface area (Å²) in [7, 11) is 0. The summed E-state index contributed by atoms with van der Waals surface area (Å²) in [5, 5.41) is 17.1. The first-order valence-electron chi connectivity index (χ1n) is 22.2. The molecule has 0 aromatic rings. The number of unbranched alkanes of at least 4 members (excludes halogenated alkanes) is 8. The summed E-state index contributed by atoms with van der Waals surface area (Å²) in [6.45, 7) is 13.9. The molecule has 0 aromatic heterocycles. The summed E-state index contributed by atoms with van der Waals surface area (Å²) in [6.07, 6.45) is 12.0. The van der Waals surface area contributed by atoms with Gasteiger partial charge in [0.1, 0.15) is 17.2 Å². The maximum absolute atomic E-state index is 12.4. The van der Waals surface area contributed by atoms with Crippen LogP contribution in [0, 0.1) is 0 Å². The molecule has 0 radical (unpaired) electrons. The average Bonchev–Trinajstić information content (AvgIpc) is 3.16. The zero-order valence-electron chi connectivity index (χ0n) is 38.1. The summed E-state index contributed by atoms with van der Waals surface area (Å²) in [6, 6.07) is -1.11. The van der Waals surface area contributed by atoms with Crippen molar-refractivity contribution in [3.05, 3.63) is 0 Å². The molecule has 0 heterocycles. The molecule has 0 spiro atoms. The minimum atomic E-state index is -1.11. The summed E-state index contributed by atoms with van der Waals surface area (Å²) >= 11 is 1.99. The quantitative estimate of drug-likeness (QED) is 0.0323. The van der Waals surface area contributed by atoms with Crippen LogP contribution in [0.5, 0.6) is 0 Å². The van der Waals surface area contributed by atoms with Crippen LogP contribution in [0.3, 0.4) is 0 Å². The highest BCUT2D eigenvalue weighted by Gasteiger charge is 2.27. The number of ether oxygens (including phenoxy) is 5. The van der Waals surface area contributed by atoms with E-state index in [0.717, 1.165) is 62.9 Å². The Morgan fingerprint density at radius 3 is 1.46 bits per heavy atom. The Kier molecular flexibility index (Phi) is 34.3. The molecule has 3 amide bonds. The fourth-order valence-corrected chi connectivity index (χ4v) is 6.51. The highest BCUT2D eigenvalue weighted by molar-refractivity contribution is 7.99. The molecule has 0 aliphatic rings. The normalized spacial score (nSPS) is 12.0. The lowest BCUT2D eigenvalue weighted by Crippen LogP contribution is -2.44. The van der Waals surface area contributed by atoms with Crippen molar-refractivity contribution in [2.75, 3.05) is 64.2 Å². The highest BCUT2D eigenvalue weighted by Crippen LogP contribution is 2.15. The molecule has 1 atom stereocenters. The Morgan fingerprint density at radius 2 is 0.951 bits per heavy atom. The van der Waals surface area contributed by atoms with Crippen LogP contribution in [0.4, 0.5) is 0 Å². The second-order valence-electron chi connectivity index (χ2n) is 16.9. The fourth-order valence-electron chi connectivity index (χ4n) is 5.49. The number of Topliss-reactive ketones (excluding diaryl/α,β-unsaturated/α-hetero) is 1. The molecule has 0 saturated carbocycles. The summed E-state index contributed by atoms with van der Waals surface area (Å²) < 4.78 is 26.9. The van der Waals surface area contributed by atoms with Crippen molar-refractivity contribution < 1.29 is 62.4 Å². The monoisotopic (exact) mass is 890 g/mol. The van der Waals surface area contributed by atoms with Gasteiger partial charge in [0, 0.05) is 58.4 Å². The van der Waals surface area contributed by atoms with Crippen LogP contribution in [0.25, 0.3) is 0 Å². The molecular weight excluding hydrogens is 811 g/mol. The van der Waals surface area contributed by atoms with Crippen LogP contribution in [-0.4, -0.2) is 128 Å². The molecule has 61 heavy (non-hydrogen) atoms. The largest absolute Gasteiger partial charge is 0.481 e. The van der Waals surface area contributed by atoms with E-state index in [1.165, 1.54) is 19.3 Å². The predicted molar refractivity (Wildman–Crippen MR) is 235 cm³/mol. The standard InChI is InChI=1S/C44H79N3O13S/c1-43(2,3)59-41(54)35(21-24-40(52)53)47-39(51)23-22-38(50)46-26-18-28-57-30-32-58-31-29-56-27-17-25-45-37(49)20-14-10-8-12-16-34-61-33-15-11-7-9-13-19-36(48)42(55)60-44(4,5)6/h35H,7-34H2,1-6H3,(H,45,49)(H,46,50)(H,47,51)(H,52,53). The van der Waals surface area contributed by atoms with E-state index in [1.807, 2.05) is 11.8 Å². The van der Waals surface area contributed by atoms with Crippen LogP contribution in [0.1, 0.15) is 157 Å². The minimum absolute atomic E-state index is 0.0827. The molecule has 17 heteroatoms. The van der Waals surface area contributed by atoms with Crippen molar-refractivity contribution >= 4 is 53.2 Å². The topological polar surface area (TPSA) is 222 Å². The van der Waals surface area contributed by atoms with Gasteiger partial charge in [0.25, 0.3) is 0 Å². The molecule has 0 saturated heterocycles. The van der Waals surface area contributed by atoms with Gasteiger partial charge < -0.3 is 44.7 Å². The number of carboxylic acid groups (broad SMARTS) is 1. The molecule has 0 bridgehead atoms. The fraction of sp³-hybridized carbons (Fsp3) is 0.841. The SMILES string of the molecule is CC(C)(C)OC(=O)C(=O)CCCCCCCSCCCCCCCC(=O)NCCCOCCOCCOCCCNC(=O)CCC(=O)NC(CCC(=O)O)C(=O)OC(C)(C)C. The first-order valence-corrected chi connectivity index (χ1v) is 23.4. The highest BCUT2D eigenvalue weighted by atomic mass is 32.2. The Balaban J connectivity index is 3.54. The van der Waals surface area contributed by atoms with Crippen molar-refractivity contribution in [2.24, 2.45) is 0 Å². The molecule has 0 aromatic carbocycles. The average molecular weight is 890 g/mol. The lowest BCUT2D eigenvalue weighted by Gasteiger charge is -2.24. The van der Waals surface area contributed by atoms with Crippen molar-refractivity contribution in [1.29, 1.82) is 0 Å². The van der Waals surface area contributed by atoms with E-state index in [-0.39, 0.29) is 43.9 Å². The van der Waals surface area contributed by atoms with E-state index in [9.17, 15) is 33.6 Å². The first-order chi connectivity index (χ1) is 28.9. The van der Waals surface area contributed by atoms with Gasteiger partial charge in [-0.1, -0.05) is 38.5 Å². The molecule has 0 rings (SSSR count). The number of hydrogen-bond donors (Lipinski definition) is 4. The van der Waals surface area contributed by atoms with E-state index in [4.69, 9.17) is 28.8 Å². The van der Waals surface area contributed by atoms with Gasteiger partial charge in [-0.15, -0.1) is 0 Å². The second-order valence-corrected chi connectivity index (χ2v) is 18.1. The summed E-state index contributed by atoms with van der Waals surface area (Å²) in [5.74, 6) is -1.45. The number of rotatable bonds is 39. The molecule has 1 unspecified atom stereocenters. The van der Waals surface area contributed by atoms with E-state index in [2.05, 4.69) is 16.0 Å². The van der Waals surface area contributed by atoms with Crippen LogP contribution < -0.4 is 16.0 Å².